The standard InChI is InChI=1S/C9H10S/c1-2-5-9-7-3-6-8(9,4-1)10-9/h1-2,4-5H,3,6-7H2. The third-order valence-electron chi connectivity index (χ3n) is 2.98. The average molecular weight is 150 g/mol. The average Bonchev–Trinajstić information content (AvgIpc) is 2.47. The maximum atomic E-state index is 2.41. The van der Waals surface area contributed by atoms with Crippen molar-refractivity contribution in [1.29, 1.82) is 0 Å². The fourth-order valence-electron chi connectivity index (χ4n) is 2.38. The van der Waals surface area contributed by atoms with Crippen LogP contribution in [0.3, 0.4) is 0 Å². The number of thioether (sulfide) groups is 1. The fourth-order valence-corrected chi connectivity index (χ4v) is 4.10. The fraction of sp³-hybridized carbons (Fsp3) is 0.556. The molecule has 52 valence electrons. The molecule has 2 aliphatic carbocycles. The zero-order chi connectivity index (χ0) is 6.66. The molecule has 1 heterocycles. The van der Waals surface area contributed by atoms with Gasteiger partial charge in [-0.2, -0.15) is 0 Å². The molecule has 10 heavy (non-hydrogen) atoms. The summed E-state index contributed by atoms with van der Waals surface area (Å²) in [5.41, 5.74) is 0. The summed E-state index contributed by atoms with van der Waals surface area (Å²) in [5, 5.41) is 0. The molecule has 1 saturated carbocycles. The van der Waals surface area contributed by atoms with Crippen LogP contribution in [0.4, 0.5) is 0 Å². The summed E-state index contributed by atoms with van der Waals surface area (Å²) in [6, 6.07) is 0. The van der Waals surface area contributed by atoms with Crippen molar-refractivity contribution < 1.29 is 0 Å². The Bertz CT molecular complexity index is 217. The second-order valence-corrected chi connectivity index (χ2v) is 5.11. The van der Waals surface area contributed by atoms with Crippen molar-refractivity contribution in [3.8, 4) is 0 Å². The summed E-state index contributed by atoms with van der Waals surface area (Å²) in [7, 11) is 0. The Balaban J connectivity index is 2.13. The van der Waals surface area contributed by atoms with Gasteiger partial charge in [0.15, 0.2) is 0 Å². The van der Waals surface area contributed by atoms with E-state index in [4.69, 9.17) is 0 Å². The van der Waals surface area contributed by atoms with E-state index in [1.54, 1.807) is 0 Å². The summed E-state index contributed by atoms with van der Waals surface area (Å²) in [6.07, 6.45) is 13.5. The van der Waals surface area contributed by atoms with Crippen LogP contribution in [-0.2, 0) is 0 Å². The molecule has 2 fully saturated rings. The number of rotatable bonds is 0. The highest BCUT2D eigenvalue weighted by molar-refractivity contribution is 8.10. The van der Waals surface area contributed by atoms with E-state index in [1.807, 2.05) is 0 Å². The van der Waals surface area contributed by atoms with E-state index in [9.17, 15) is 0 Å². The molecule has 0 N–H and O–H groups in total. The second-order valence-electron chi connectivity index (χ2n) is 3.45. The van der Waals surface area contributed by atoms with Gasteiger partial charge in [-0.1, -0.05) is 24.3 Å². The van der Waals surface area contributed by atoms with Crippen molar-refractivity contribution in [2.24, 2.45) is 0 Å². The predicted molar refractivity (Wildman–Crippen MR) is 45.2 cm³/mol. The third kappa shape index (κ3) is 0.410. The lowest BCUT2D eigenvalue weighted by Crippen LogP contribution is -2.16. The summed E-state index contributed by atoms with van der Waals surface area (Å²) in [4.78, 5) is 0. The molecule has 0 aromatic rings. The van der Waals surface area contributed by atoms with Crippen molar-refractivity contribution in [3.05, 3.63) is 24.3 Å². The van der Waals surface area contributed by atoms with Crippen LogP contribution < -0.4 is 0 Å². The number of allylic oxidation sites excluding steroid dienone is 2. The molecular weight excluding hydrogens is 140 g/mol. The summed E-state index contributed by atoms with van der Waals surface area (Å²) < 4.78 is 1.17. The monoisotopic (exact) mass is 150 g/mol. The first kappa shape index (κ1) is 5.48. The van der Waals surface area contributed by atoms with Crippen molar-refractivity contribution in [1.82, 2.24) is 0 Å². The topological polar surface area (TPSA) is 0 Å². The van der Waals surface area contributed by atoms with Gasteiger partial charge in [-0.05, 0) is 19.3 Å². The third-order valence-corrected chi connectivity index (χ3v) is 4.91. The predicted octanol–water partition coefficient (Wildman–Crippen LogP) is 2.52. The zero-order valence-electron chi connectivity index (χ0n) is 5.84. The highest BCUT2D eigenvalue weighted by Crippen LogP contribution is 2.74. The van der Waals surface area contributed by atoms with Gasteiger partial charge in [0.05, 0.1) is 9.49 Å². The Morgan fingerprint density at radius 3 is 2.20 bits per heavy atom. The lowest BCUT2D eigenvalue weighted by molar-refractivity contribution is 0.756. The lowest BCUT2D eigenvalue weighted by Gasteiger charge is -2.09. The SMILES string of the molecule is C1=CC23CCCC2(C=C1)S3. The van der Waals surface area contributed by atoms with E-state index < -0.39 is 0 Å². The molecule has 0 amide bonds. The Labute approximate surface area is 65.4 Å². The van der Waals surface area contributed by atoms with Crippen LogP contribution in [-0.4, -0.2) is 9.49 Å². The van der Waals surface area contributed by atoms with Gasteiger partial charge in [0.2, 0.25) is 0 Å². The quantitative estimate of drug-likeness (QED) is 0.478. The van der Waals surface area contributed by atoms with Crippen LogP contribution in [0.1, 0.15) is 19.3 Å². The number of hydrogen-bond donors (Lipinski definition) is 0. The first-order valence-electron chi connectivity index (χ1n) is 3.94. The van der Waals surface area contributed by atoms with Crippen LogP contribution in [0.25, 0.3) is 0 Å². The minimum absolute atomic E-state index is 0.585. The minimum Gasteiger partial charge on any atom is -0.136 e. The molecule has 3 rings (SSSR count). The van der Waals surface area contributed by atoms with Crippen molar-refractivity contribution in [2.45, 2.75) is 28.8 Å². The molecule has 3 aliphatic rings. The van der Waals surface area contributed by atoms with Crippen molar-refractivity contribution in [3.63, 3.8) is 0 Å². The van der Waals surface area contributed by atoms with Gasteiger partial charge in [0.1, 0.15) is 0 Å². The molecule has 0 bridgehead atoms. The summed E-state index contributed by atoms with van der Waals surface area (Å²) in [5.74, 6) is 0. The van der Waals surface area contributed by atoms with E-state index in [0.29, 0.717) is 9.49 Å². The lowest BCUT2D eigenvalue weighted by atomic mass is 9.92. The van der Waals surface area contributed by atoms with Gasteiger partial charge in [0.25, 0.3) is 0 Å². The van der Waals surface area contributed by atoms with Gasteiger partial charge >= 0.3 is 0 Å². The molecule has 1 heteroatoms. The summed E-state index contributed by atoms with van der Waals surface area (Å²) in [6.45, 7) is 0. The van der Waals surface area contributed by atoms with Crippen LogP contribution >= 0.6 is 11.8 Å². The van der Waals surface area contributed by atoms with Crippen molar-refractivity contribution in [2.75, 3.05) is 0 Å². The maximum Gasteiger partial charge on any atom is 0.0533 e. The maximum absolute atomic E-state index is 2.41. The Morgan fingerprint density at radius 1 is 1.00 bits per heavy atom. The molecule has 0 radical (unpaired) electrons. The van der Waals surface area contributed by atoms with Gasteiger partial charge in [-0.3, -0.25) is 0 Å². The minimum atomic E-state index is 0.585. The molecule has 1 aliphatic heterocycles. The molecule has 2 unspecified atom stereocenters. The van der Waals surface area contributed by atoms with Gasteiger partial charge in [-0.15, -0.1) is 11.8 Å². The second kappa shape index (κ2) is 1.38. The van der Waals surface area contributed by atoms with Crippen LogP contribution in [0.5, 0.6) is 0 Å². The van der Waals surface area contributed by atoms with E-state index in [-0.39, 0.29) is 0 Å². The molecular formula is C9H10S. The molecule has 0 aromatic carbocycles. The van der Waals surface area contributed by atoms with E-state index >= 15 is 0 Å². The molecule has 2 atom stereocenters. The molecule has 0 spiro atoms. The van der Waals surface area contributed by atoms with Crippen molar-refractivity contribution >= 4 is 11.8 Å². The van der Waals surface area contributed by atoms with Crippen LogP contribution in [0.2, 0.25) is 0 Å². The van der Waals surface area contributed by atoms with Gasteiger partial charge in [-0.25, -0.2) is 0 Å². The highest BCUT2D eigenvalue weighted by Gasteiger charge is 2.68. The normalized spacial score (nSPS) is 54.4. The first-order valence-corrected chi connectivity index (χ1v) is 4.76. The Kier molecular flexibility index (Phi) is 0.754. The van der Waals surface area contributed by atoms with Crippen LogP contribution in [0.15, 0.2) is 24.3 Å². The zero-order valence-corrected chi connectivity index (χ0v) is 6.66. The Morgan fingerprint density at radius 2 is 1.60 bits per heavy atom. The summed E-state index contributed by atoms with van der Waals surface area (Å²) >= 11 is 2.16. The number of hydrogen-bond acceptors (Lipinski definition) is 1. The van der Waals surface area contributed by atoms with E-state index in [0.717, 1.165) is 0 Å². The highest BCUT2D eigenvalue weighted by atomic mass is 32.2. The van der Waals surface area contributed by atoms with Gasteiger partial charge in [0, 0.05) is 0 Å². The van der Waals surface area contributed by atoms with E-state index in [2.05, 4.69) is 36.1 Å². The molecule has 0 aromatic heterocycles. The molecule has 0 nitrogen and oxygen atoms in total. The largest absolute Gasteiger partial charge is 0.136 e. The van der Waals surface area contributed by atoms with E-state index in [1.165, 1.54) is 19.3 Å². The van der Waals surface area contributed by atoms with Crippen LogP contribution in [0, 0.1) is 0 Å². The molecule has 1 saturated heterocycles. The van der Waals surface area contributed by atoms with Gasteiger partial charge < -0.3 is 0 Å². The first-order chi connectivity index (χ1) is 4.87. The smallest absolute Gasteiger partial charge is 0.0533 e. The Hall–Kier alpha value is -0.170.